The lowest BCUT2D eigenvalue weighted by Crippen LogP contribution is -2.57. The van der Waals surface area contributed by atoms with E-state index in [0.29, 0.717) is 11.6 Å². The number of urea groups is 2. The summed E-state index contributed by atoms with van der Waals surface area (Å²) in [6.07, 6.45) is -0.774. The minimum atomic E-state index is -0.774. The van der Waals surface area contributed by atoms with E-state index < -0.39 is 17.7 Å². The quantitative estimate of drug-likeness (QED) is 0.659. The van der Waals surface area contributed by atoms with Crippen molar-refractivity contribution in [1.29, 1.82) is 0 Å². The summed E-state index contributed by atoms with van der Waals surface area (Å²) < 4.78 is 0. The average molecular weight is 306 g/mol. The SMILES string of the molecule is CNC(=O)N(O)[C@H]1N(C)C(=O)N(Cc2ccccc2)C1(C)C. The van der Waals surface area contributed by atoms with Crippen LogP contribution in [0.1, 0.15) is 19.4 Å². The number of nitrogens with zero attached hydrogens (tertiary/aromatic N) is 3. The van der Waals surface area contributed by atoms with Gasteiger partial charge in [-0.05, 0) is 19.4 Å². The highest BCUT2D eigenvalue weighted by Gasteiger charge is 2.53. The zero-order valence-corrected chi connectivity index (χ0v) is 13.3. The molecule has 1 aromatic carbocycles. The van der Waals surface area contributed by atoms with Crippen molar-refractivity contribution < 1.29 is 14.8 Å². The number of carbonyl (C=O) groups excluding carboxylic acids is 2. The molecular formula is C15H22N4O3. The van der Waals surface area contributed by atoms with Crippen LogP contribution in [0.3, 0.4) is 0 Å². The van der Waals surface area contributed by atoms with Crippen LogP contribution in [-0.2, 0) is 6.54 Å². The zero-order valence-electron chi connectivity index (χ0n) is 13.3. The van der Waals surface area contributed by atoms with E-state index in [0.717, 1.165) is 5.56 Å². The summed E-state index contributed by atoms with van der Waals surface area (Å²) in [6.45, 7) is 4.07. The molecule has 1 aliphatic heterocycles. The van der Waals surface area contributed by atoms with Crippen molar-refractivity contribution in [3.8, 4) is 0 Å². The van der Waals surface area contributed by atoms with Crippen molar-refractivity contribution >= 4 is 12.1 Å². The van der Waals surface area contributed by atoms with Crippen molar-refractivity contribution in [2.24, 2.45) is 0 Å². The minimum absolute atomic E-state index is 0.234. The van der Waals surface area contributed by atoms with Crippen molar-refractivity contribution in [2.75, 3.05) is 14.1 Å². The lowest BCUT2D eigenvalue weighted by atomic mass is 9.99. The molecule has 0 aliphatic carbocycles. The fourth-order valence-electron chi connectivity index (χ4n) is 2.88. The normalized spacial score (nSPS) is 20.2. The highest BCUT2D eigenvalue weighted by Crippen LogP contribution is 2.34. The highest BCUT2D eigenvalue weighted by atomic mass is 16.5. The summed E-state index contributed by atoms with van der Waals surface area (Å²) in [5, 5.41) is 13.1. The molecular weight excluding hydrogens is 284 g/mol. The number of nitrogens with one attached hydrogen (secondary N) is 1. The first-order valence-electron chi connectivity index (χ1n) is 7.09. The second kappa shape index (κ2) is 5.84. The lowest BCUT2D eigenvalue weighted by Gasteiger charge is -2.37. The molecule has 0 radical (unpaired) electrons. The smallest absolute Gasteiger partial charge is 0.339 e. The third-order valence-electron chi connectivity index (χ3n) is 4.06. The van der Waals surface area contributed by atoms with Crippen LogP contribution in [0.25, 0.3) is 0 Å². The summed E-state index contributed by atoms with van der Waals surface area (Å²) in [7, 11) is 3.00. The summed E-state index contributed by atoms with van der Waals surface area (Å²) in [5.74, 6) is 0. The number of likely N-dealkylation sites (N-methyl/N-ethyl adjacent to an activating group) is 1. The maximum absolute atomic E-state index is 12.5. The van der Waals surface area contributed by atoms with Gasteiger partial charge in [-0.1, -0.05) is 30.3 Å². The van der Waals surface area contributed by atoms with Gasteiger partial charge in [-0.15, -0.1) is 0 Å². The van der Waals surface area contributed by atoms with Gasteiger partial charge in [0.2, 0.25) is 0 Å². The van der Waals surface area contributed by atoms with Crippen LogP contribution in [0.2, 0.25) is 0 Å². The second-order valence-electron chi connectivity index (χ2n) is 5.89. The van der Waals surface area contributed by atoms with Crippen molar-refractivity contribution in [3.63, 3.8) is 0 Å². The summed E-state index contributed by atoms with van der Waals surface area (Å²) in [5.41, 5.74) is 0.241. The van der Waals surface area contributed by atoms with E-state index in [9.17, 15) is 14.8 Å². The molecule has 4 amide bonds. The van der Waals surface area contributed by atoms with Crippen molar-refractivity contribution in [1.82, 2.24) is 20.2 Å². The Morgan fingerprint density at radius 3 is 2.50 bits per heavy atom. The molecule has 2 rings (SSSR count). The van der Waals surface area contributed by atoms with E-state index in [1.807, 2.05) is 44.2 Å². The molecule has 1 aromatic rings. The van der Waals surface area contributed by atoms with Gasteiger partial charge in [0.25, 0.3) is 0 Å². The first-order chi connectivity index (χ1) is 10.3. The van der Waals surface area contributed by atoms with E-state index >= 15 is 0 Å². The fraction of sp³-hybridized carbons (Fsp3) is 0.467. The molecule has 22 heavy (non-hydrogen) atoms. The summed E-state index contributed by atoms with van der Waals surface area (Å²) >= 11 is 0. The average Bonchev–Trinajstić information content (AvgIpc) is 2.66. The van der Waals surface area contributed by atoms with E-state index in [1.54, 1.807) is 11.9 Å². The van der Waals surface area contributed by atoms with Crippen molar-refractivity contribution in [2.45, 2.75) is 32.1 Å². The summed E-state index contributed by atoms with van der Waals surface area (Å²) in [4.78, 5) is 27.3. The molecule has 1 fully saturated rings. The second-order valence-corrected chi connectivity index (χ2v) is 5.89. The van der Waals surface area contributed by atoms with Gasteiger partial charge in [0.15, 0.2) is 6.17 Å². The van der Waals surface area contributed by atoms with Gasteiger partial charge in [0.1, 0.15) is 0 Å². The molecule has 0 bridgehead atoms. The number of rotatable bonds is 3. The standard InChI is InChI=1S/C15H22N4O3/c1-15(2)12(19(22)13(20)16-3)17(4)14(21)18(15)10-11-8-6-5-7-9-11/h5-9,12,22H,10H2,1-4H3,(H,16,20)/t12-/m1/s1. The van der Waals surface area contributed by atoms with E-state index in [2.05, 4.69) is 5.32 Å². The van der Waals surface area contributed by atoms with Crippen LogP contribution in [-0.4, -0.2) is 57.9 Å². The van der Waals surface area contributed by atoms with Gasteiger partial charge < -0.3 is 15.1 Å². The topological polar surface area (TPSA) is 76.1 Å². The number of benzene rings is 1. The molecule has 7 nitrogen and oxygen atoms in total. The maximum Gasteiger partial charge on any atom is 0.342 e. The van der Waals surface area contributed by atoms with Gasteiger partial charge >= 0.3 is 12.1 Å². The van der Waals surface area contributed by atoms with E-state index in [-0.39, 0.29) is 6.03 Å². The first-order valence-corrected chi connectivity index (χ1v) is 7.09. The molecule has 120 valence electrons. The Morgan fingerprint density at radius 1 is 1.36 bits per heavy atom. The number of carbonyl (C=O) groups is 2. The van der Waals surface area contributed by atoms with Gasteiger partial charge in [0.05, 0.1) is 5.54 Å². The molecule has 1 saturated heterocycles. The molecule has 1 atom stereocenters. The predicted octanol–water partition coefficient (Wildman–Crippen LogP) is 1.69. The number of hydrogen-bond acceptors (Lipinski definition) is 3. The number of hydroxylamine groups is 2. The Kier molecular flexibility index (Phi) is 4.27. The molecule has 0 unspecified atom stereocenters. The van der Waals surface area contributed by atoms with Crippen LogP contribution in [0, 0.1) is 0 Å². The summed E-state index contributed by atoms with van der Waals surface area (Å²) in [6, 6.07) is 8.72. The third-order valence-corrected chi connectivity index (χ3v) is 4.06. The molecule has 1 heterocycles. The van der Waals surface area contributed by atoms with Crippen molar-refractivity contribution in [3.05, 3.63) is 35.9 Å². The highest BCUT2D eigenvalue weighted by molar-refractivity contribution is 5.80. The number of amides is 4. The predicted molar refractivity (Wildman–Crippen MR) is 81.1 cm³/mol. The van der Waals surface area contributed by atoms with Crippen LogP contribution < -0.4 is 5.32 Å². The molecule has 0 saturated carbocycles. The largest absolute Gasteiger partial charge is 0.342 e. The maximum atomic E-state index is 12.5. The Bertz CT molecular complexity index is 561. The van der Waals surface area contributed by atoms with E-state index in [4.69, 9.17) is 0 Å². The Hall–Kier alpha value is -2.28. The Labute approximate surface area is 130 Å². The van der Waals surface area contributed by atoms with Crippen LogP contribution in [0.15, 0.2) is 30.3 Å². The van der Waals surface area contributed by atoms with Gasteiger partial charge in [-0.2, -0.15) is 5.06 Å². The zero-order chi connectivity index (χ0) is 16.5. The molecule has 0 aromatic heterocycles. The number of hydrogen-bond donors (Lipinski definition) is 2. The van der Waals surface area contributed by atoms with Crippen LogP contribution in [0.5, 0.6) is 0 Å². The fourth-order valence-corrected chi connectivity index (χ4v) is 2.88. The first kappa shape index (κ1) is 16.1. The third kappa shape index (κ3) is 2.59. The lowest BCUT2D eigenvalue weighted by molar-refractivity contribution is -0.129. The van der Waals surface area contributed by atoms with Gasteiger partial charge in [0, 0.05) is 20.6 Å². The Morgan fingerprint density at radius 2 is 1.95 bits per heavy atom. The monoisotopic (exact) mass is 306 g/mol. The Balaban J connectivity index is 2.29. The van der Waals surface area contributed by atoms with E-state index in [1.165, 1.54) is 11.9 Å². The molecule has 7 heteroatoms. The van der Waals surface area contributed by atoms with Gasteiger partial charge in [-0.25, -0.2) is 9.59 Å². The molecule has 1 aliphatic rings. The minimum Gasteiger partial charge on any atom is -0.339 e. The van der Waals surface area contributed by atoms with Gasteiger partial charge in [-0.3, -0.25) is 5.21 Å². The van der Waals surface area contributed by atoms with Crippen LogP contribution in [0.4, 0.5) is 9.59 Å². The molecule has 2 N–H and O–H groups in total. The van der Waals surface area contributed by atoms with Crippen LogP contribution >= 0.6 is 0 Å². The molecule has 0 spiro atoms.